The minimum Gasteiger partial charge on any atom is -0.340 e. The average molecular weight is 281 g/mol. The van der Waals surface area contributed by atoms with Crippen LogP contribution < -0.4 is 5.32 Å². The van der Waals surface area contributed by atoms with E-state index in [1.54, 1.807) is 0 Å². The predicted molar refractivity (Wildman–Crippen MR) is 83.3 cm³/mol. The molecule has 1 aromatic heterocycles. The van der Waals surface area contributed by atoms with Crippen molar-refractivity contribution < 1.29 is 4.79 Å². The van der Waals surface area contributed by atoms with Crippen molar-refractivity contribution in [1.82, 2.24) is 9.88 Å². The summed E-state index contributed by atoms with van der Waals surface area (Å²) in [5, 5.41) is 3.26. The number of carbonyl (C=O) groups excluding carboxylic acids is 1. The fourth-order valence-electron chi connectivity index (χ4n) is 2.78. The lowest BCUT2D eigenvalue weighted by molar-refractivity contribution is -0.121. The zero-order valence-corrected chi connectivity index (χ0v) is 11.9. The second-order valence-electron chi connectivity index (χ2n) is 5.32. The van der Waals surface area contributed by atoms with E-state index in [1.807, 2.05) is 47.5 Å². The first kappa shape index (κ1) is 13.6. The molecule has 1 aromatic carbocycles. The maximum absolute atomic E-state index is 11.1. The van der Waals surface area contributed by atoms with Crippen LogP contribution in [-0.2, 0) is 4.79 Å². The normalized spacial score (nSPS) is 18.3. The molecular formula is C17H19N3O. The summed E-state index contributed by atoms with van der Waals surface area (Å²) in [6.07, 6.45) is 6.11. The number of hydrogen-bond acceptors (Lipinski definition) is 3. The van der Waals surface area contributed by atoms with E-state index in [2.05, 4.69) is 16.4 Å². The summed E-state index contributed by atoms with van der Waals surface area (Å²) in [7, 11) is 0. The number of nitrogens with zero attached hydrogens (tertiary/aromatic N) is 2. The summed E-state index contributed by atoms with van der Waals surface area (Å²) in [5.41, 5.74) is 2.13. The van der Waals surface area contributed by atoms with Gasteiger partial charge in [0.1, 0.15) is 5.82 Å². The van der Waals surface area contributed by atoms with Gasteiger partial charge in [0.15, 0.2) is 0 Å². The topological polar surface area (TPSA) is 45.2 Å². The Kier molecular flexibility index (Phi) is 4.15. The minimum atomic E-state index is 0.175. The van der Waals surface area contributed by atoms with Gasteiger partial charge < -0.3 is 10.2 Å². The van der Waals surface area contributed by atoms with Crippen LogP contribution in [0.25, 0.3) is 0 Å². The lowest BCUT2D eigenvalue weighted by Gasteiger charge is -2.32. The van der Waals surface area contributed by atoms with Crippen LogP contribution in [0.15, 0.2) is 48.7 Å². The van der Waals surface area contributed by atoms with Crippen molar-refractivity contribution in [3.8, 4) is 0 Å². The van der Waals surface area contributed by atoms with Crippen LogP contribution >= 0.6 is 0 Å². The first-order valence-electron chi connectivity index (χ1n) is 7.36. The van der Waals surface area contributed by atoms with Gasteiger partial charge in [0.25, 0.3) is 0 Å². The molecule has 0 radical (unpaired) electrons. The summed E-state index contributed by atoms with van der Waals surface area (Å²) in [6, 6.07) is 14.2. The maximum Gasteiger partial charge on any atom is 0.210 e. The molecule has 1 saturated heterocycles. The fraction of sp³-hybridized carbons (Fsp3) is 0.294. The molecule has 0 saturated carbocycles. The van der Waals surface area contributed by atoms with E-state index in [9.17, 15) is 4.79 Å². The van der Waals surface area contributed by atoms with Crippen molar-refractivity contribution >= 4 is 17.9 Å². The predicted octanol–water partition coefficient (Wildman–Crippen LogP) is 3.51. The molecule has 1 atom stereocenters. The van der Waals surface area contributed by atoms with Gasteiger partial charge in [-0.15, -0.1) is 0 Å². The van der Waals surface area contributed by atoms with Crippen LogP contribution in [-0.4, -0.2) is 22.8 Å². The molecular weight excluding hydrogens is 262 g/mol. The number of likely N-dealkylation sites (tertiary alicyclic amines) is 1. The van der Waals surface area contributed by atoms with Crippen LogP contribution in [0.1, 0.15) is 30.9 Å². The van der Waals surface area contributed by atoms with Crippen molar-refractivity contribution in [3.63, 3.8) is 0 Å². The summed E-state index contributed by atoms with van der Waals surface area (Å²) in [4.78, 5) is 17.5. The number of amides is 1. The molecule has 21 heavy (non-hydrogen) atoms. The van der Waals surface area contributed by atoms with Gasteiger partial charge in [-0.25, -0.2) is 4.98 Å². The Morgan fingerprint density at radius 2 is 2.00 bits per heavy atom. The Morgan fingerprint density at radius 1 is 1.14 bits per heavy atom. The quantitative estimate of drug-likeness (QED) is 0.872. The molecule has 1 amide bonds. The largest absolute Gasteiger partial charge is 0.340 e. The van der Waals surface area contributed by atoms with Gasteiger partial charge in [0.2, 0.25) is 6.41 Å². The highest BCUT2D eigenvalue weighted by Gasteiger charge is 2.22. The molecule has 4 nitrogen and oxygen atoms in total. The number of anilines is 2. The van der Waals surface area contributed by atoms with Gasteiger partial charge in [-0.1, -0.05) is 24.3 Å². The molecule has 3 rings (SSSR count). The number of para-hydroxylation sites is 1. The van der Waals surface area contributed by atoms with Gasteiger partial charge in [-0.2, -0.15) is 0 Å². The van der Waals surface area contributed by atoms with E-state index in [4.69, 9.17) is 0 Å². The molecule has 2 heterocycles. The number of benzene rings is 1. The van der Waals surface area contributed by atoms with Crippen LogP contribution in [0.5, 0.6) is 0 Å². The number of carbonyl (C=O) groups is 1. The van der Waals surface area contributed by atoms with Crippen LogP contribution in [0.2, 0.25) is 0 Å². The van der Waals surface area contributed by atoms with E-state index >= 15 is 0 Å². The molecule has 1 N–H and O–H groups in total. The minimum absolute atomic E-state index is 0.175. The zero-order valence-electron chi connectivity index (χ0n) is 11.9. The smallest absolute Gasteiger partial charge is 0.210 e. The van der Waals surface area contributed by atoms with Crippen molar-refractivity contribution in [2.45, 2.75) is 25.3 Å². The highest BCUT2D eigenvalue weighted by Crippen LogP contribution is 2.29. The molecule has 108 valence electrons. The summed E-state index contributed by atoms with van der Waals surface area (Å²) in [6.45, 7) is 0.845. The van der Waals surface area contributed by atoms with Crippen molar-refractivity contribution in [1.29, 1.82) is 0 Å². The maximum atomic E-state index is 11.1. The average Bonchev–Trinajstić information content (AvgIpc) is 2.56. The van der Waals surface area contributed by atoms with E-state index in [0.29, 0.717) is 0 Å². The number of hydrogen-bond donors (Lipinski definition) is 1. The first-order valence-corrected chi connectivity index (χ1v) is 7.36. The van der Waals surface area contributed by atoms with Crippen molar-refractivity contribution in [2.75, 3.05) is 11.9 Å². The lowest BCUT2D eigenvalue weighted by atomic mass is 9.97. The highest BCUT2D eigenvalue weighted by molar-refractivity contribution is 5.56. The molecule has 1 fully saturated rings. The fourth-order valence-corrected chi connectivity index (χ4v) is 2.78. The van der Waals surface area contributed by atoms with E-state index in [1.165, 1.54) is 6.42 Å². The number of rotatable bonds is 4. The molecule has 2 aromatic rings. The van der Waals surface area contributed by atoms with E-state index in [0.717, 1.165) is 42.9 Å². The Labute approximate surface area is 124 Å². The summed E-state index contributed by atoms with van der Waals surface area (Å²) >= 11 is 0. The molecule has 1 aliphatic heterocycles. The lowest BCUT2D eigenvalue weighted by Crippen LogP contribution is -2.32. The Morgan fingerprint density at radius 3 is 2.71 bits per heavy atom. The standard InChI is InChI=1S/C17H19N3O/c21-13-20-11-5-4-8-16(20)14-9-10-17(18-12-14)19-15-6-2-1-3-7-15/h1-3,6-7,9-10,12-13,16H,4-5,8,11H2,(H,18,19). The van der Waals surface area contributed by atoms with Gasteiger partial charge >= 0.3 is 0 Å². The van der Waals surface area contributed by atoms with Crippen LogP contribution in [0.3, 0.4) is 0 Å². The summed E-state index contributed by atoms with van der Waals surface area (Å²) < 4.78 is 0. The Hall–Kier alpha value is -2.36. The van der Waals surface area contributed by atoms with Gasteiger partial charge in [0.05, 0.1) is 6.04 Å². The van der Waals surface area contributed by atoms with Gasteiger partial charge in [-0.3, -0.25) is 4.79 Å². The number of pyridine rings is 1. The number of aromatic nitrogens is 1. The summed E-state index contributed by atoms with van der Waals surface area (Å²) in [5.74, 6) is 0.818. The van der Waals surface area contributed by atoms with Gasteiger partial charge in [0, 0.05) is 18.4 Å². The van der Waals surface area contributed by atoms with Crippen molar-refractivity contribution in [2.24, 2.45) is 0 Å². The second kappa shape index (κ2) is 6.39. The van der Waals surface area contributed by atoms with Crippen LogP contribution in [0.4, 0.5) is 11.5 Å². The van der Waals surface area contributed by atoms with Crippen molar-refractivity contribution in [3.05, 3.63) is 54.2 Å². The zero-order chi connectivity index (χ0) is 14.5. The Balaban J connectivity index is 1.73. The third-order valence-corrected chi connectivity index (χ3v) is 3.90. The Bertz CT molecular complexity index is 583. The molecule has 1 aliphatic rings. The third kappa shape index (κ3) is 3.21. The molecule has 0 aliphatic carbocycles. The number of nitrogens with one attached hydrogen (secondary N) is 1. The molecule has 0 bridgehead atoms. The number of piperidine rings is 1. The SMILES string of the molecule is O=CN1CCCCC1c1ccc(Nc2ccccc2)nc1. The highest BCUT2D eigenvalue weighted by atomic mass is 16.1. The van der Waals surface area contributed by atoms with E-state index in [-0.39, 0.29) is 6.04 Å². The molecule has 1 unspecified atom stereocenters. The van der Waals surface area contributed by atoms with Gasteiger partial charge in [-0.05, 0) is 43.0 Å². The molecule has 4 heteroatoms. The molecule has 0 spiro atoms. The monoisotopic (exact) mass is 281 g/mol. The van der Waals surface area contributed by atoms with Crippen LogP contribution in [0, 0.1) is 0 Å². The second-order valence-corrected chi connectivity index (χ2v) is 5.32. The first-order chi connectivity index (χ1) is 10.4. The third-order valence-electron chi connectivity index (χ3n) is 3.90. The van der Waals surface area contributed by atoms with E-state index < -0.39 is 0 Å².